The molecule has 5 heterocycles. The van der Waals surface area contributed by atoms with Gasteiger partial charge >= 0.3 is 0 Å². The number of rotatable bonds is 8. The fourth-order valence-electron chi connectivity index (χ4n) is 5.56. The van der Waals surface area contributed by atoms with Crippen molar-refractivity contribution in [1.29, 1.82) is 0 Å². The number of hydrogen-bond donors (Lipinski definition) is 2. The highest BCUT2D eigenvalue weighted by Gasteiger charge is 2.24. The lowest BCUT2D eigenvalue weighted by Crippen LogP contribution is -1.83. The lowest BCUT2D eigenvalue weighted by molar-refractivity contribution is 0.927. The van der Waals surface area contributed by atoms with Crippen LogP contribution >= 0.6 is 63.7 Å². The summed E-state index contributed by atoms with van der Waals surface area (Å²) in [6.45, 7) is 8.87. The third-order valence-electron chi connectivity index (χ3n) is 7.46. The first-order valence-corrected chi connectivity index (χ1v) is 17.4. The van der Waals surface area contributed by atoms with Crippen LogP contribution in [-0.4, -0.2) is 19.9 Å². The zero-order valence-electron chi connectivity index (χ0n) is 23.4. The summed E-state index contributed by atoms with van der Waals surface area (Å²) in [5, 5.41) is 0. The highest BCUT2D eigenvalue weighted by atomic mass is 79.9. The third-order valence-corrected chi connectivity index (χ3v) is 10.9. The van der Waals surface area contributed by atoms with Crippen molar-refractivity contribution < 1.29 is 0 Å². The summed E-state index contributed by atoms with van der Waals surface area (Å²) in [6.07, 6.45) is 8.03. The molecule has 0 atom stereocenters. The minimum atomic E-state index is 0.948. The molecule has 40 heavy (non-hydrogen) atoms. The van der Waals surface area contributed by atoms with Gasteiger partial charge in [-0.1, -0.05) is 53.4 Å². The lowest BCUT2D eigenvalue weighted by Gasteiger charge is -2.01. The normalized spacial score (nSPS) is 13.6. The molecule has 5 rings (SSSR count). The maximum Gasteiger partial charge on any atom is 0.103 e. The van der Waals surface area contributed by atoms with Crippen LogP contribution in [0, 0.1) is 0 Å². The quantitative estimate of drug-likeness (QED) is 0.239. The van der Waals surface area contributed by atoms with Crippen LogP contribution in [0.4, 0.5) is 0 Å². The summed E-state index contributed by atoms with van der Waals surface area (Å²) >= 11 is 15.8. The van der Waals surface area contributed by atoms with E-state index in [9.17, 15) is 0 Å². The Kier molecular flexibility index (Phi) is 9.60. The van der Waals surface area contributed by atoms with Crippen molar-refractivity contribution in [2.75, 3.05) is 0 Å². The Morgan fingerprint density at radius 1 is 0.550 bits per heavy atom. The molecular formula is C32H34Br4N4. The molecule has 0 fully saturated rings. The van der Waals surface area contributed by atoms with Gasteiger partial charge in [-0.15, -0.1) is 0 Å². The van der Waals surface area contributed by atoms with Crippen LogP contribution in [-0.2, 0) is 12.8 Å². The van der Waals surface area contributed by atoms with E-state index in [0.29, 0.717) is 0 Å². The first kappa shape index (κ1) is 30.0. The number of aryl methyl sites for hydroxylation is 2. The van der Waals surface area contributed by atoms with Gasteiger partial charge in [-0.05, 0) is 136 Å². The van der Waals surface area contributed by atoms with Gasteiger partial charge in [0.25, 0.3) is 0 Å². The molecule has 2 N–H and O–H groups in total. The van der Waals surface area contributed by atoms with Crippen molar-refractivity contribution in [3.63, 3.8) is 0 Å². The summed E-state index contributed by atoms with van der Waals surface area (Å²) in [6, 6.07) is 8.70. The first-order valence-electron chi connectivity index (χ1n) is 14.2. The van der Waals surface area contributed by atoms with Gasteiger partial charge in [0.15, 0.2) is 0 Å². The molecule has 0 spiro atoms. The summed E-state index contributed by atoms with van der Waals surface area (Å²) in [4.78, 5) is 17.8. The monoisotopic (exact) mass is 790 g/mol. The topological polar surface area (TPSA) is 57.4 Å². The molecule has 0 radical (unpaired) electrons. The molecule has 2 aliphatic rings. The van der Waals surface area contributed by atoms with E-state index in [1.165, 1.54) is 22.3 Å². The average Bonchev–Trinajstić information content (AvgIpc) is 3.62. The molecule has 0 aromatic carbocycles. The minimum absolute atomic E-state index is 0.948. The standard InChI is InChI=1S/C32H34Br4N4/c1-5-9-17-21-13-14-22-18(10-6-2)27(35)31(39-22)32-28(36)20(12-8-4)24(40-32)16-15-23-19(11-7-3)26(34)30(38-23)29(37-21)25(17)33/h13-16,37,40H,5-12H2,1-4H3. The number of allylic oxidation sites excluding steroid dienone is 2. The van der Waals surface area contributed by atoms with Crippen molar-refractivity contribution in [3.05, 3.63) is 67.1 Å². The fourth-order valence-corrected chi connectivity index (χ4v) is 8.33. The number of fused-ring (bicyclic) bond motifs is 10. The predicted molar refractivity (Wildman–Crippen MR) is 186 cm³/mol. The maximum absolute atomic E-state index is 5.19. The van der Waals surface area contributed by atoms with Crippen molar-refractivity contribution in [2.45, 2.75) is 79.1 Å². The van der Waals surface area contributed by atoms with Gasteiger partial charge in [0.05, 0.1) is 31.4 Å². The largest absolute Gasteiger partial charge is 0.353 e. The lowest BCUT2D eigenvalue weighted by atomic mass is 10.1. The zero-order valence-corrected chi connectivity index (χ0v) is 29.7. The number of hydrogen-bond acceptors (Lipinski definition) is 2. The van der Waals surface area contributed by atoms with Crippen LogP contribution in [0.3, 0.4) is 0 Å². The molecule has 8 heteroatoms. The van der Waals surface area contributed by atoms with Gasteiger partial charge in [0, 0.05) is 20.0 Å². The Morgan fingerprint density at radius 2 is 0.925 bits per heavy atom. The van der Waals surface area contributed by atoms with E-state index < -0.39 is 0 Å². The SMILES string of the molecule is CCCC1=C(Br)c2nc1ccc1[nH]c(c3nc(ccc4[nH]c2c(Br)c4CCC)C(CCC)=C3Br)c(Br)c1CCC. The van der Waals surface area contributed by atoms with Gasteiger partial charge in [-0.25, -0.2) is 9.97 Å². The van der Waals surface area contributed by atoms with Crippen LogP contribution in [0.15, 0.2) is 33.2 Å². The summed E-state index contributed by atoms with van der Waals surface area (Å²) in [5.74, 6) is 0. The van der Waals surface area contributed by atoms with E-state index in [2.05, 4.69) is 126 Å². The molecule has 3 aromatic rings. The van der Waals surface area contributed by atoms with Gasteiger partial charge in [-0.3, -0.25) is 0 Å². The number of nitrogens with zero attached hydrogens (tertiary/aromatic N) is 2. The molecular weight excluding hydrogens is 760 g/mol. The Bertz CT molecular complexity index is 1570. The number of halogens is 4. The van der Waals surface area contributed by atoms with E-state index in [0.717, 1.165) is 114 Å². The minimum Gasteiger partial charge on any atom is -0.353 e. The van der Waals surface area contributed by atoms with Crippen LogP contribution < -0.4 is 0 Å². The van der Waals surface area contributed by atoms with E-state index >= 15 is 0 Å². The van der Waals surface area contributed by atoms with Gasteiger partial charge in [-0.2, -0.15) is 0 Å². The van der Waals surface area contributed by atoms with Crippen molar-refractivity contribution in [2.24, 2.45) is 0 Å². The van der Waals surface area contributed by atoms with E-state index in [-0.39, 0.29) is 0 Å². The van der Waals surface area contributed by atoms with E-state index in [1.807, 2.05) is 0 Å². The number of H-pyrrole nitrogens is 2. The molecule has 0 saturated heterocycles. The Hall–Kier alpha value is -1.48. The Morgan fingerprint density at radius 3 is 1.27 bits per heavy atom. The summed E-state index contributed by atoms with van der Waals surface area (Å²) in [7, 11) is 0. The maximum atomic E-state index is 5.19. The fraction of sp³-hybridized carbons (Fsp3) is 0.375. The number of aromatic amines is 2. The van der Waals surface area contributed by atoms with Crippen LogP contribution in [0.25, 0.3) is 42.2 Å². The molecule has 4 nitrogen and oxygen atoms in total. The first-order chi connectivity index (χ1) is 19.3. The zero-order chi connectivity index (χ0) is 28.6. The summed E-state index contributed by atoms with van der Waals surface area (Å²) in [5.41, 5.74) is 13.1. The molecule has 2 aliphatic heterocycles. The van der Waals surface area contributed by atoms with E-state index in [4.69, 9.17) is 9.97 Å². The van der Waals surface area contributed by atoms with Gasteiger partial charge in [0.1, 0.15) is 11.4 Å². The number of aromatic nitrogens is 4. The Labute approximate surface area is 270 Å². The van der Waals surface area contributed by atoms with Gasteiger partial charge in [0.2, 0.25) is 0 Å². The molecule has 0 aliphatic carbocycles. The second kappa shape index (κ2) is 12.8. The third kappa shape index (κ3) is 5.38. The molecule has 0 saturated carbocycles. The van der Waals surface area contributed by atoms with Crippen molar-refractivity contribution >= 4 is 106 Å². The van der Waals surface area contributed by atoms with Crippen LogP contribution in [0.5, 0.6) is 0 Å². The second-order valence-electron chi connectivity index (χ2n) is 10.4. The van der Waals surface area contributed by atoms with Crippen LogP contribution in [0.2, 0.25) is 0 Å². The van der Waals surface area contributed by atoms with Crippen molar-refractivity contribution in [3.8, 4) is 0 Å². The Balaban J connectivity index is 1.96. The number of nitrogens with one attached hydrogen (secondary N) is 2. The van der Waals surface area contributed by atoms with Crippen LogP contribution in [0.1, 0.15) is 100 Å². The van der Waals surface area contributed by atoms with E-state index in [1.54, 1.807) is 0 Å². The highest BCUT2D eigenvalue weighted by molar-refractivity contribution is 9.15. The molecule has 210 valence electrons. The molecule has 0 unspecified atom stereocenters. The smallest absolute Gasteiger partial charge is 0.103 e. The predicted octanol–water partition coefficient (Wildman–Crippen LogP) is 11.9. The van der Waals surface area contributed by atoms with Gasteiger partial charge < -0.3 is 9.97 Å². The summed E-state index contributed by atoms with van der Waals surface area (Å²) < 4.78 is 4.31. The molecule has 0 amide bonds. The molecule has 8 bridgehead atoms. The highest BCUT2D eigenvalue weighted by Crippen LogP contribution is 2.43. The molecule has 3 aromatic heterocycles. The second-order valence-corrected chi connectivity index (χ2v) is 13.5. The average molecular weight is 794 g/mol. The van der Waals surface area contributed by atoms with Crippen molar-refractivity contribution in [1.82, 2.24) is 19.9 Å².